The number of aryl methyl sites for hydroxylation is 1. The first-order chi connectivity index (χ1) is 12.0. The van der Waals surface area contributed by atoms with Crippen molar-refractivity contribution < 1.29 is 4.79 Å². The second-order valence-corrected chi connectivity index (χ2v) is 5.53. The van der Waals surface area contributed by atoms with Crippen molar-refractivity contribution in [1.82, 2.24) is 9.97 Å². The Morgan fingerprint density at radius 3 is 2.72 bits per heavy atom. The smallest absolute Gasteiger partial charge is 0.248 e. The average Bonchev–Trinajstić information content (AvgIpc) is 2.59. The number of nitrogens with two attached hydrogens (primary N) is 2. The van der Waals surface area contributed by atoms with Gasteiger partial charge in [-0.3, -0.25) is 4.79 Å². The molecular formula is C18H18N6O. The van der Waals surface area contributed by atoms with Crippen LogP contribution in [0.4, 0.5) is 28.8 Å². The number of benzene rings is 2. The van der Waals surface area contributed by atoms with Gasteiger partial charge in [0.1, 0.15) is 5.82 Å². The lowest BCUT2D eigenvalue weighted by atomic mass is 10.2. The van der Waals surface area contributed by atoms with Crippen LogP contribution in [0.1, 0.15) is 15.9 Å². The number of carbonyl (C=O) groups is 1. The minimum Gasteiger partial charge on any atom is -0.399 e. The number of amides is 1. The Labute approximate surface area is 145 Å². The largest absolute Gasteiger partial charge is 0.399 e. The Hall–Kier alpha value is -3.61. The van der Waals surface area contributed by atoms with Crippen LogP contribution >= 0.6 is 0 Å². The first-order valence-electron chi connectivity index (χ1n) is 7.64. The van der Waals surface area contributed by atoms with Gasteiger partial charge in [-0.2, -0.15) is 4.98 Å². The van der Waals surface area contributed by atoms with Crippen molar-refractivity contribution in [1.29, 1.82) is 0 Å². The Morgan fingerprint density at radius 1 is 1.08 bits per heavy atom. The number of hydrogen-bond donors (Lipinski definition) is 4. The predicted octanol–water partition coefficient (Wildman–Crippen LogP) is 2.95. The summed E-state index contributed by atoms with van der Waals surface area (Å²) in [7, 11) is 0. The van der Waals surface area contributed by atoms with Crippen LogP contribution in [0.5, 0.6) is 0 Å². The van der Waals surface area contributed by atoms with E-state index in [1.165, 1.54) is 0 Å². The van der Waals surface area contributed by atoms with Gasteiger partial charge in [0.15, 0.2) is 0 Å². The van der Waals surface area contributed by atoms with E-state index in [2.05, 4.69) is 20.6 Å². The molecule has 126 valence electrons. The molecule has 0 aliphatic carbocycles. The highest BCUT2D eigenvalue weighted by Gasteiger charge is 2.05. The van der Waals surface area contributed by atoms with E-state index < -0.39 is 5.91 Å². The number of primary amides is 1. The molecule has 0 radical (unpaired) electrons. The van der Waals surface area contributed by atoms with Gasteiger partial charge in [0.25, 0.3) is 0 Å². The molecular weight excluding hydrogens is 316 g/mol. The molecule has 6 N–H and O–H groups in total. The maximum absolute atomic E-state index is 11.3. The lowest BCUT2D eigenvalue weighted by Crippen LogP contribution is -2.11. The molecule has 0 fully saturated rings. The second-order valence-electron chi connectivity index (χ2n) is 5.53. The third-order valence-corrected chi connectivity index (χ3v) is 3.58. The molecule has 7 heteroatoms. The van der Waals surface area contributed by atoms with Crippen LogP contribution in [0.15, 0.2) is 54.7 Å². The maximum atomic E-state index is 11.3. The Morgan fingerprint density at radius 2 is 1.92 bits per heavy atom. The molecule has 1 heterocycles. The van der Waals surface area contributed by atoms with E-state index in [0.29, 0.717) is 28.7 Å². The number of nitrogens with zero attached hydrogens (tertiary/aromatic N) is 2. The van der Waals surface area contributed by atoms with Crippen molar-refractivity contribution in [3.05, 3.63) is 65.9 Å². The standard InChI is InChI=1S/C18H18N6O/c1-11-5-6-13(19)10-15(11)23-16-7-8-21-18(24-16)22-14-4-2-3-12(9-14)17(20)25/h2-10H,19H2,1H3,(H2,20,25)(H2,21,22,23,24). The van der Waals surface area contributed by atoms with Crippen LogP contribution in [0.25, 0.3) is 0 Å². The van der Waals surface area contributed by atoms with Gasteiger partial charge in [-0.25, -0.2) is 4.98 Å². The summed E-state index contributed by atoms with van der Waals surface area (Å²) in [4.78, 5) is 19.9. The van der Waals surface area contributed by atoms with Crippen LogP contribution in [-0.2, 0) is 0 Å². The first-order valence-corrected chi connectivity index (χ1v) is 7.64. The highest BCUT2D eigenvalue weighted by atomic mass is 16.1. The minimum absolute atomic E-state index is 0.396. The lowest BCUT2D eigenvalue weighted by molar-refractivity contribution is 0.100. The summed E-state index contributed by atoms with van der Waals surface area (Å²) in [5.74, 6) is 0.530. The van der Waals surface area contributed by atoms with Crippen LogP contribution in [-0.4, -0.2) is 15.9 Å². The number of rotatable bonds is 5. The molecule has 1 aromatic heterocycles. The summed E-state index contributed by atoms with van der Waals surface area (Å²) in [5.41, 5.74) is 14.8. The third-order valence-electron chi connectivity index (χ3n) is 3.58. The number of anilines is 5. The predicted molar refractivity (Wildman–Crippen MR) is 99.1 cm³/mol. The summed E-state index contributed by atoms with van der Waals surface area (Å²) in [6.07, 6.45) is 1.64. The van der Waals surface area contributed by atoms with Crippen LogP contribution in [0.3, 0.4) is 0 Å². The SMILES string of the molecule is Cc1ccc(N)cc1Nc1ccnc(Nc2cccc(C(N)=O)c2)n1. The van der Waals surface area contributed by atoms with Crippen LogP contribution < -0.4 is 22.1 Å². The van der Waals surface area contributed by atoms with E-state index in [1.54, 1.807) is 36.5 Å². The van der Waals surface area contributed by atoms with Gasteiger partial charge in [0.2, 0.25) is 11.9 Å². The lowest BCUT2D eigenvalue weighted by Gasteiger charge is -2.11. The molecule has 0 unspecified atom stereocenters. The molecule has 0 saturated carbocycles. The summed E-state index contributed by atoms with van der Waals surface area (Å²) >= 11 is 0. The molecule has 25 heavy (non-hydrogen) atoms. The Balaban J connectivity index is 1.81. The van der Waals surface area contributed by atoms with Gasteiger partial charge in [0, 0.05) is 28.8 Å². The van der Waals surface area contributed by atoms with E-state index in [-0.39, 0.29) is 0 Å². The molecule has 0 saturated heterocycles. The second kappa shape index (κ2) is 6.88. The Kier molecular flexibility index (Phi) is 4.47. The Bertz CT molecular complexity index is 925. The zero-order chi connectivity index (χ0) is 17.8. The summed E-state index contributed by atoms with van der Waals surface area (Å²) < 4.78 is 0. The molecule has 0 spiro atoms. The number of hydrogen-bond acceptors (Lipinski definition) is 6. The van der Waals surface area contributed by atoms with Gasteiger partial charge < -0.3 is 22.1 Å². The van der Waals surface area contributed by atoms with Crippen molar-refractivity contribution in [3.8, 4) is 0 Å². The van der Waals surface area contributed by atoms with Crippen molar-refractivity contribution in [2.45, 2.75) is 6.92 Å². The summed E-state index contributed by atoms with van der Waals surface area (Å²) in [5, 5.41) is 6.28. The molecule has 0 aliphatic heterocycles. The van der Waals surface area contributed by atoms with E-state index in [4.69, 9.17) is 11.5 Å². The number of nitrogens with one attached hydrogen (secondary N) is 2. The summed E-state index contributed by atoms with van der Waals surface area (Å²) in [6.45, 7) is 1.98. The number of carbonyl (C=O) groups excluding carboxylic acids is 1. The fourth-order valence-electron chi connectivity index (χ4n) is 2.28. The quantitative estimate of drug-likeness (QED) is 0.533. The minimum atomic E-state index is -0.489. The first kappa shape index (κ1) is 16.3. The van der Waals surface area contributed by atoms with Crippen molar-refractivity contribution in [2.75, 3.05) is 16.4 Å². The molecule has 3 rings (SSSR count). The molecule has 3 aromatic rings. The van der Waals surface area contributed by atoms with Crippen molar-refractivity contribution >= 4 is 34.7 Å². The van der Waals surface area contributed by atoms with Gasteiger partial charge in [-0.1, -0.05) is 12.1 Å². The molecule has 0 atom stereocenters. The van der Waals surface area contributed by atoms with E-state index in [0.717, 1.165) is 11.3 Å². The average molecular weight is 334 g/mol. The van der Waals surface area contributed by atoms with Crippen LogP contribution in [0.2, 0.25) is 0 Å². The van der Waals surface area contributed by atoms with Gasteiger partial charge in [-0.05, 0) is 48.9 Å². The van der Waals surface area contributed by atoms with E-state index in [1.807, 2.05) is 25.1 Å². The zero-order valence-corrected chi connectivity index (χ0v) is 13.7. The third kappa shape index (κ3) is 4.03. The highest BCUT2D eigenvalue weighted by Crippen LogP contribution is 2.23. The van der Waals surface area contributed by atoms with E-state index in [9.17, 15) is 4.79 Å². The van der Waals surface area contributed by atoms with Gasteiger partial charge in [0.05, 0.1) is 0 Å². The molecule has 1 amide bonds. The van der Waals surface area contributed by atoms with Gasteiger partial charge >= 0.3 is 0 Å². The molecule has 7 nitrogen and oxygen atoms in total. The summed E-state index contributed by atoms with van der Waals surface area (Å²) in [6, 6.07) is 14.2. The molecule has 0 aliphatic rings. The zero-order valence-electron chi connectivity index (χ0n) is 13.7. The van der Waals surface area contributed by atoms with Gasteiger partial charge in [-0.15, -0.1) is 0 Å². The fraction of sp³-hybridized carbons (Fsp3) is 0.0556. The molecule has 0 bridgehead atoms. The fourth-order valence-corrected chi connectivity index (χ4v) is 2.28. The topological polar surface area (TPSA) is 119 Å². The van der Waals surface area contributed by atoms with Crippen LogP contribution in [0, 0.1) is 6.92 Å². The van der Waals surface area contributed by atoms with E-state index >= 15 is 0 Å². The molecule has 2 aromatic carbocycles. The highest BCUT2D eigenvalue weighted by molar-refractivity contribution is 5.93. The van der Waals surface area contributed by atoms with Crippen molar-refractivity contribution in [2.24, 2.45) is 5.73 Å². The van der Waals surface area contributed by atoms with Crippen molar-refractivity contribution in [3.63, 3.8) is 0 Å². The normalized spacial score (nSPS) is 10.3. The maximum Gasteiger partial charge on any atom is 0.248 e. The number of nitrogen functional groups attached to an aromatic ring is 1. The number of aromatic nitrogens is 2. The monoisotopic (exact) mass is 334 g/mol.